The molecule has 0 spiro atoms. The summed E-state index contributed by atoms with van der Waals surface area (Å²) in [4.78, 5) is 42.8. The van der Waals surface area contributed by atoms with Gasteiger partial charge in [0.05, 0.1) is 29.8 Å². The quantitative estimate of drug-likeness (QED) is 0.0584. The minimum Gasteiger partial charge on any atom is -0.506 e. The average molecular weight is 725 g/mol. The fourth-order valence-corrected chi connectivity index (χ4v) is 7.57. The van der Waals surface area contributed by atoms with Crippen molar-refractivity contribution in [3.63, 3.8) is 0 Å². The van der Waals surface area contributed by atoms with Crippen LogP contribution in [-0.2, 0) is 9.47 Å². The standard InChI is InChI=1S/C42H52N4O7/c47-35-18-16-33(34-17-19-38(49)44-40(34)35)36(48)27-43-22-9-4-2-1-3-5-10-25-52-41(50)32-15-11-14-31(26-32)39(30-12-7-6-8-13-30)45-42(51)53-37-28-46-23-20-29(37)21-24-46/h6-8,11-19,26,29,36-37,39,43,47-48H,1-5,9-10,20-25,27-28H2,(H,44,49)(H,45,51). The molecule has 1 aromatic heterocycles. The fraction of sp³-hybridized carbons (Fsp3) is 0.452. The Bertz CT molecular complexity index is 1860. The molecule has 0 aliphatic carbocycles. The Hall–Kier alpha value is -4.71. The molecule has 0 saturated carbocycles. The maximum Gasteiger partial charge on any atom is 0.408 e. The number of benzene rings is 3. The zero-order chi connectivity index (χ0) is 37.0. The van der Waals surface area contributed by atoms with Gasteiger partial charge in [0, 0.05) is 24.5 Å². The first-order chi connectivity index (χ1) is 25.9. The number of pyridine rings is 1. The molecule has 282 valence electrons. The number of amides is 1. The summed E-state index contributed by atoms with van der Waals surface area (Å²) in [6.07, 6.45) is 7.94. The lowest BCUT2D eigenvalue weighted by Gasteiger charge is -2.43. The summed E-state index contributed by atoms with van der Waals surface area (Å²) in [5.41, 5.74) is 2.82. The minimum atomic E-state index is -0.763. The number of aromatic amines is 1. The third-order valence-corrected chi connectivity index (χ3v) is 10.5. The number of fused-ring (bicyclic) bond motifs is 4. The average Bonchev–Trinajstić information content (AvgIpc) is 3.18. The highest BCUT2D eigenvalue weighted by Crippen LogP contribution is 2.31. The smallest absolute Gasteiger partial charge is 0.408 e. The van der Waals surface area contributed by atoms with Crippen molar-refractivity contribution in [1.29, 1.82) is 0 Å². The fourth-order valence-electron chi connectivity index (χ4n) is 7.57. The molecule has 5 N–H and O–H groups in total. The molecule has 3 unspecified atom stereocenters. The largest absolute Gasteiger partial charge is 0.506 e. The van der Waals surface area contributed by atoms with Crippen molar-refractivity contribution in [2.75, 3.05) is 39.3 Å². The number of esters is 1. The first-order valence-corrected chi connectivity index (χ1v) is 19.1. The first-order valence-electron chi connectivity index (χ1n) is 19.1. The number of nitrogens with one attached hydrogen (secondary N) is 3. The van der Waals surface area contributed by atoms with Gasteiger partial charge in [-0.3, -0.25) is 9.69 Å². The number of aliphatic hydroxyl groups excluding tert-OH is 1. The highest BCUT2D eigenvalue weighted by Gasteiger charge is 2.37. The first kappa shape index (κ1) is 38.0. The summed E-state index contributed by atoms with van der Waals surface area (Å²) >= 11 is 0. The van der Waals surface area contributed by atoms with Crippen molar-refractivity contribution in [2.45, 2.75) is 76.0 Å². The number of carbonyl (C=O) groups is 2. The van der Waals surface area contributed by atoms with E-state index in [9.17, 15) is 24.6 Å². The third kappa shape index (κ3) is 10.5. The number of phenols is 1. The van der Waals surface area contributed by atoms with Crippen molar-refractivity contribution in [3.8, 4) is 5.75 Å². The summed E-state index contributed by atoms with van der Waals surface area (Å²) in [6.45, 7) is 4.45. The van der Waals surface area contributed by atoms with Crippen LogP contribution in [0.1, 0.15) is 97.0 Å². The van der Waals surface area contributed by atoms with Gasteiger partial charge in [-0.15, -0.1) is 0 Å². The van der Waals surface area contributed by atoms with Crippen LogP contribution < -0.4 is 16.2 Å². The second-order valence-corrected chi connectivity index (χ2v) is 14.3. The molecule has 4 aromatic rings. The molecular weight excluding hydrogens is 672 g/mol. The zero-order valence-electron chi connectivity index (χ0n) is 30.3. The van der Waals surface area contributed by atoms with Gasteiger partial charge in [0.1, 0.15) is 11.9 Å². The van der Waals surface area contributed by atoms with E-state index >= 15 is 0 Å². The van der Waals surface area contributed by atoms with E-state index in [-0.39, 0.29) is 23.4 Å². The van der Waals surface area contributed by atoms with Crippen molar-refractivity contribution >= 4 is 23.0 Å². The van der Waals surface area contributed by atoms with E-state index in [1.807, 2.05) is 42.5 Å². The van der Waals surface area contributed by atoms with Crippen LogP contribution >= 0.6 is 0 Å². The van der Waals surface area contributed by atoms with Gasteiger partial charge in [0.25, 0.3) is 0 Å². The number of rotatable bonds is 18. The van der Waals surface area contributed by atoms with Gasteiger partial charge in [0.2, 0.25) is 5.56 Å². The maximum absolute atomic E-state index is 13.1. The van der Waals surface area contributed by atoms with E-state index in [0.29, 0.717) is 41.1 Å². The van der Waals surface area contributed by atoms with Crippen LogP contribution in [0.2, 0.25) is 0 Å². The molecule has 1 amide bonds. The molecule has 3 aliphatic heterocycles. The molecule has 0 radical (unpaired) electrons. The van der Waals surface area contributed by atoms with E-state index in [1.165, 1.54) is 12.1 Å². The number of hydrogen-bond acceptors (Lipinski definition) is 9. The number of nitrogens with zero attached hydrogens (tertiary/aromatic N) is 1. The predicted molar refractivity (Wildman–Crippen MR) is 204 cm³/mol. The third-order valence-electron chi connectivity index (χ3n) is 10.5. The highest BCUT2D eigenvalue weighted by molar-refractivity contribution is 5.89. The van der Waals surface area contributed by atoms with Gasteiger partial charge in [-0.25, -0.2) is 9.59 Å². The lowest BCUT2D eigenvalue weighted by molar-refractivity contribution is -0.0336. The Kier molecular flexibility index (Phi) is 13.5. The Morgan fingerprint density at radius 1 is 0.868 bits per heavy atom. The van der Waals surface area contributed by atoms with Gasteiger partial charge in [-0.2, -0.15) is 0 Å². The van der Waals surface area contributed by atoms with Crippen molar-refractivity contribution < 1.29 is 29.3 Å². The molecule has 53 heavy (non-hydrogen) atoms. The van der Waals surface area contributed by atoms with E-state index in [2.05, 4.69) is 20.5 Å². The van der Waals surface area contributed by atoms with Crippen LogP contribution in [0.25, 0.3) is 10.9 Å². The molecule has 3 saturated heterocycles. The number of piperidine rings is 3. The van der Waals surface area contributed by atoms with Crippen LogP contribution in [0.15, 0.2) is 83.7 Å². The molecule has 7 rings (SSSR count). The summed E-state index contributed by atoms with van der Waals surface area (Å²) < 4.78 is 11.6. The van der Waals surface area contributed by atoms with Gasteiger partial charge in [-0.1, -0.05) is 80.6 Å². The Morgan fingerprint density at radius 2 is 1.60 bits per heavy atom. The number of alkyl carbamates (subject to hydrolysis) is 1. The number of phenolic OH excluding ortho intramolecular Hbond substituents is 1. The van der Waals surface area contributed by atoms with Gasteiger partial charge in [0.15, 0.2) is 0 Å². The Balaban J connectivity index is 0.863. The number of aromatic hydroxyl groups is 1. The molecule has 3 aromatic carbocycles. The van der Waals surface area contributed by atoms with Crippen LogP contribution in [0.3, 0.4) is 0 Å². The number of H-pyrrole nitrogens is 1. The number of hydrogen-bond donors (Lipinski definition) is 5. The normalized spacial score (nSPS) is 19.1. The minimum absolute atomic E-state index is 0.0222. The molecular formula is C42H52N4O7. The van der Waals surface area contributed by atoms with E-state index in [1.54, 1.807) is 24.3 Å². The van der Waals surface area contributed by atoms with Crippen LogP contribution in [-0.4, -0.2) is 77.6 Å². The summed E-state index contributed by atoms with van der Waals surface area (Å²) in [6, 6.07) is 22.7. The number of aliphatic hydroxyl groups is 1. The molecule has 3 atom stereocenters. The molecule has 4 heterocycles. The lowest BCUT2D eigenvalue weighted by atomic mass is 9.86. The Morgan fingerprint density at radius 3 is 2.36 bits per heavy atom. The van der Waals surface area contributed by atoms with Crippen LogP contribution in [0.5, 0.6) is 5.75 Å². The second kappa shape index (κ2) is 18.9. The number of unbranched alkanes of at least 4 members (excludes halogenated alkanes) is 6. The molecule has 3 aliphatic rings. The van der Waals surface area contributed by atoms with Crippen molar-refractivity contribution in [3.05, 3.63) is 111 Å². The van der Waals surface area contributed by atoms with Crippen molar-refractivity contribution in [1.82, 2.24) is 20.5 Å². The van der Waals surface area contributed by atoms with Gasteiger partial charge >= 0.3 is 12.1 Å². The van der Waals surface area contributed by atoms with Crippen molar-refractivity contribution in [2.24, 2.45) is 5.92 Å². The molecule has 2 bridgehead atoms. The summed E-state index contributed by atoms with van der Waals surface area (Å²) in [7, 11) is 0. The van der Waals surface area contributed by atoms with E-state index in [4.69, 9.17) is 9.47 Å². The summed E-state index contributed by atoms with van der Waals surface area (Å²) in [5, 5.41) is 27.8. The number of ether oxygens (including phenoxy) is 2. The number of carbonyl (C=O) groups excluding carboxylic acids is 2. The Labute approximate surface area is 310 Å². The van der Waals surface area contributed by atoms with Gasteiger partial charge in [-0.05, 0) is 92.2 Å². The van der Waals surface area contributed by atoms with E-state index in [0.717, 1.165) is 95.1 Å². The molecule has 11 heteroatoms. The van der Waals surface area contributed by atoms with Crippen LogP contribution in [0.4, 0.5) is 4.79 Å². The molecule has 3 fully saturated rings. The van der Waals surface area contributed by atoms with Crippen LogP contribution in [0, 0.1) is 5.92 Å². The SMILES string of the molecule is O=C(NC(c1ccccc1)c1cccc(C(=O)OCCCCCCCCCNCC(O)c2ccc(O)c3[nH]c(=O)ccc23)c1)OC1CN2CCC1CC2. The highest BCUT2D eigenvalue weighted by atomic mass is 16.6. The van der Waals surface area contributed by atoms with Gasteiger partial charge < -0.3 is 35.3 Å². The summed E-state index contributed by atoms with van der Waals surface area (Å²) in [5.74, 6) is 0.0167. The predicted octanol–water partition coefficient (Wildman–Crippen LogP) is 6.35. The molecule has 11 nitrogen and oxygen atoms in total. The monoisotopic (exact) mass is 724 g/mol. The maximum atomic E-state index is 13.1. The zero-order valence-corrected chi connectivity index (χ0v) is 30.3. The number of aromatic nitrogens is 1. The van der Waals surface area contributed by atoms with E-state index < -0.39 is 18.2 Å². The lowest BCUT2D eigenvalue weighted by Crippen LogP contribution is -2.52. The second-order valence-electron chi connectivity index (χ2n) is 14.3. The topological polar surface area (TPSA) is 153 Å².